The summed E-state index contributed by atoms with van der Waals surface area (Å²) >= 11 is 0. The standard InChI is InChI=1S/C17H13N5O2/c23-22(24)16-5-2-8-20-17(16)21-15-4-1-3-13(9-15)6-7-14-10-18-12-19-11-14/h1-12H,(H,20,21). The van der Waals surface area contributed by atoms with Crippen molar-refractivity contribution in [1.82, 2.24) is 15.0 Å². The summed E-state index contributed by atoms with van der Waals surface area (Å²) in [6, 6.07) is 10.4. The van der Waals surface area contributed by atoms with Crippen LogP contribution in [0.5, 0.6) is 0 Å². The lowest BCUT2D eigenvalue weighted by atomic mass is 10.1. The number of hydrogen-bond acceptors (Lipinski definition) is 6. The first-order valence-corrected chi connectivity index (χ1v) is 7.12. The summed E-state index contributed by atoms with van der Waals surface area (Å²) in [6.07, 6.45) is 10.2. The molecule has 0 unspecified atom stereocenters. The molecule has 0 atom stereocenters. The topological polar surface area (TPSA) is 93.8 Å². The van der Waals surface area contributed by atoms with Gasteiger partial charge in [0.05, 0.1) is 4.92 Å². The summed E-state index contributed by atoms with van der Waals surface area (Å²) in [5.41, 5.74) is 2.46. The number of rotatable bonds is 5. The highest BCUT2D eigenvalue weighted by atomic mass is 16.6. The van der Waals surface area contributed by atoms with Gasteiger partial charge in [-0.05, 0) is 23.8 Å². The van der Waals surface area contributed by atoms with Gasteiger partial charge < -0.3 is 5.32 Å². The van der Waals surface area contributed by atoms with E-state index in [1.165, 1.54) is 24.7 Å². The Morgan fingerprint density at radius 2 is 1.83 bits per heavy atom. The van der Waals surface area contributed by atoms with Crippen LogP contribution in [0, 0.1) is 10.1 Å². The largest absolute Gasteiger partial charge is 0.334 e. The minimum atomic E-state index is -0.464. The van der Waals surface area contributed by atoms with E-state index in [0.717, 1.165) is 11.1 Å². The van der Waals surface area contributed by atoms with Gasteiger partial charge in [0.1, 0.15) is 6.33 Å². The van der Waals surface area contributed by atoms with Crippen LogP contribution in [0.15, 0.2) is 61.3 Å². The van der Waals surface area contributed by atoms with E-state index in [1.54, 1.807) is 12.4 Å². The number of nitrogens with zero attached hydrogens (tertiary/aromatic N) is 4. The Labute approximate surface area is 137 Å². The van der Waals surface area contributed by atoms with Crippen LogP contribution in [-0.2, 0) is 0 Å². The van der Waals surface area contributed by atoms with E-state index in [9.17, 15) is 10.1 Å². The molecule has 0 aliphatic carbocycles. The lowest BCUT2D eigenvalue weighted by Gasteiger charge is -2.06. The third kappa shape index (κ3) is 3.77. The first-order valence-electron chi connectivity index (χ1n) is 7.12. The molecular formula is C17H13N5O2. The Balaban J connectivity index is 1.81. The summed E-state index contributed by atoms with van der Waals surface area (Å²) in [6.45, 7) is 0. The number of nitro groups is 1. The van der Waals surface area contributed by atoms with Gasteiger partial charge in [-0.25, -0.2) is 15.0 Å². The van der Waals surface area contributed by atoms with Crippen LogP contribution < -0.4 is 5.32 Å². The second-order valence-corrected chi connectivity index (χ2v) is 4.88. The fraction of sp³-hybridized carbons (Fsp3) is 0. The molecule has 3 rings (SSSR count). The van der Waals surface area contributed by atoms with E-state index >= 15 is 0 Å². The van der Waals surface area contributed by atoms with E-state index in [2.05, 4.69) is 20.3 Å². The van der Waals surface area contributed by atoms with E-state index in [0.29, 0.717) is 5.69 Å². The second kappa shape index (κ2) is 7.10. The maximum Gasteiger partial charge on any atom is 0.311 e. The van der Waals surface area contributed by atoms with Gasteiger partial charge in [0.25, 0.3) is 0 Å². The van der Waals surface area contributed by atoms with Gasteiger partial charge >= 0.3 is 5.69 Å². The van der Waals surface area contributed by atoms with E-state index in [-0.39, 0.29) is 11.5 Å². The van der Waals surface area contributed by atoms with Crippen molar-refractivity contribution in [2.45, 2.75) is 0 Å². The van der Waals surface area contributed by atoms with E-state index < -0.39 is 4.92 Å². The van der Waals surface area contributed by atoms with Crippen LogP contribution in [-0.4, -0.2) is 19.9 Å². The summed E-state index contributed by atoms with van der Waals surface area (Å²) in [5.74, 6) is 0.208. The van der Waals surface area contributed by atoms with E-state index in [4.69, 9.17) is 0 Å². The number of hydrogen-bond donors (Lipinski definition) is 1. The molecule has 118 valence electrons. The van der Waals surface area contributed by atoms with Gasteiger partial charge in [-0.1, -0.05) is 24.3 Å². The molecule has 0 bridgehead atoms. The Hall–Kier alpha value is -3.61. The molecule has 7 heteroatoms. The SMILES string of the molecule is O=[N+]([O-])c1cccnc1Nc1cccc(C=Cc2cncnc2)c1. The molecule has 0 fully saturated rings. The Morgan fingerprint density at radius 1 is 1.04 bits per heavy atom. The van der Waals surface area contributed by atoms with Crippen LogP contribution >= 0.6 is 0 Å². The highest BCUT2D eigenvalue weighted by Crippen LogP contribution is 2.25. The summed E-state index contributed by atoms with van der Waals surface area (Å²) in [4.78, 5) is 22.5. The molecule has 0 amide bonds. The molecule has 1 N–H and O–H groups in total. The van der Waals surface area contributed by atoms with Crippen molar-refractivity contribution < 1.29 is 4.92 Å². The zero-order valence-corrected chi connectivity index (χ0v) is 12.5. The zero-order chi connectivity index (χ0) is 16.8. The molecule has 24 heavy (non-hydrogen) atoms. The molecule has 2 heterocycles. The average Bonchev–Trinajstić information content (AvgIpc) is 2.61. The van der Waals surface area contributed by atoms with Crippen molar-refractivity contribution in [3.8, 4) is 0 Å². The Kier molecular flexibility index (Phi) is 4.52. The molecule has 2 aromatic heterocycles. The van der Waals surface area contributed by atoms with Crippen molar-refractivity contribution in [3.05, 3.63) is 82.6 Å². The fourth-order valence-corrected chi connectivity index (χ4v) is 2.09. The second-order valence-electron chi connectivity index (χ2n) is 4.88. The highest BCUT2D eigenvalue weighted by molar-refractivity contribution is 5.72. The lowest BCUT2D eigenvalue weighted by molar-refractivity contribution is -0.384. The molecule has 1 aromatic carbocycles. The normalized spacial score (nSPS) is 10.7. The van der Waals surface area contributed by atoms with Crippen LogP contribution in [0.4, 0.5) is 17.2 Å². The minimum Gasteiger partial charge on any atom is -0.334 e. The van der Waals surface area contributed by atoms with Gasteiger partial charge in [-0.3, -0.25) is 10.1 Å². The Bertz CT molecular complexity index is 881. The maximum absolute atomic E-state index is 11.0. The van der Waals surface area contributed by atoms with Crippen molar-refractivity contribution >= 4 is 29.3 Å². The first-order chi connectivity index (χ1) is 11.7. The van der Waals surface area contributed by atoms with Crippen LogP contribution in [0.1, 0.15) is 11.1 Å². The zero-order valence-electron chi connectivity index (χ0n) is 12.5. The quantitative estimate of drug-likeness (QED) is 0.569. The molecule has 3 aromatic rings. The van der Waals surface area contributed by atoms with Gasteiger partial charge in [-0.15, -0.1) is 0 Å². The van der Waals surface area contributed by atoms with Crippen molar-refractivity contribution in [1.29, 1.82) is 0 Å². The minimum absolute atomic E-state index is 0.0696. The molecule has 0 radical (unpaired) electrons. The predicted molar refractivity (Wildman–Crippen MR) is 91.6 cm³/mol. The van der Waals surface area contributed by atoms with E-state index in [1.807, 2.05) is 36.4 Å². The number of aromatic nitrogens is 3. The molecule has 0 spiro atoms. The summed E-state index contributed by atoms with van der Waals surface area (Å²) in [5, 5.41) is 14.0. The molecule has 0 saturated heterocycles. The van der Waals surface area contributed by atoms with Gasteiger partial charge in [0.15, 0.2) is 0 Å². The number of nitrogens with one attached hydrogen (secondary N) is 1. The van der Waals surface area contributed by atoms with Crippen molar-refractivity contribution in [2.75, 3.05) is 5.32 Å². The van der Waals surface area contributed by atoms with Crippen LogP contribution in [0.2, 0.25) is 0 Å². The highest BCUT2D eigenvalue weighted by Gasteiger charge is 2.13. The maximum atomic E-state index is 11.0. The van der Waals surface area contributed by atoms with Crippen molar-refractivity contribution in [2.24, 2.45) is 0 Å². The predicted octanol–water partition coefficient (Wildman–Crippen LogP) is 3.69. The van der Waals surface area contributed by atoms with Crippen LogP contribution in [0.3, 0.4) is 0 Å². The smallest absolute Gasteiger partial charge is 0.311 e. The van der Waals surface area contributed by atoms with Crippen LogP contribution in [0.25, 0.3) is 12.2 Å². The summed E-state index contributed by atoms with van der Waals surface area (Å²) < 4.78 is 0. The number of pyridine rings is 1. The molecule has 7 nitrogen and oxygen atoms in total. The van der Waals surface area contributed by atoms with Gasteiger partial charge in [0, 0.05) is 35.9 Å². The monoisotopic (exact) mass is 319 g/mol. The summed E-state index contributed by atoms with van der Waals surface area (Å²) in [7, 11) is 0. The third-order valence-electron chi connectivity index (χ3n) is 3.18. The first kappa shape index (κ1) is 15.3. The molecule has 0 aliphatic rings. The number of benzene rings is 1. The van der Waals surface area contributed by atoms with Crippen molar-refractivity contribution in [3.63, 3.8) is 0 Å². The third-order valence-corrected chi connectivity index (χ3v) is 3.18. The fourth-order valence-electron chi connectivity index (χ4n) is 2.09. The number of anilines is 2. The molecule has 0 aliphatic heterocycles. The van der Waals surface area contributed by atoms with Gasteiger partial charge in [0.2, 0.25) is 5.82 Å². The Morgan fingerprint density at radius 3 is 2.62 bits per heavy atom. The average molecular weight is 319 g/mol. The molecular weight excluding hydrogens is 306 g/mol. The molecule has 0 saturated carbocycles. The lowest BCUT2D eigenvalue weighted by Crippen LogP contribution is -1.99. The van der Waals surface area contributed by atoms with Gasteiger partial charge in [-0.2, -0.15) is 0 Å².